The van der Waals surface area contributed by atoms with Crippen molar-refractivity contribution in [2.75, 3.05) is 19.8 Å². The van der Waals surface area contributed by atoms with Crippen molar-refractivity contribution in [3.63, 3.8) is 0 Å². The van der Waals surface area contributed by atoms with E-state index in [0.717, 1.165) is 50.0 Å². The van der Waals surface area contributed by atoms with E-state index in [0.29, 0.717) is 12.3 Å². The lowest BCUT2D eigenvalue weighted by molar-refractivity contribution is -0.154. The molecule has 0 saturated heterocycles. The summed E-state index contributed by atoms with van der Waals surface area (Å²) in [6, 6.07) is 0. The van der Waals surface area contributed by atoms with Crippen molar-refractivity contribution in [2.45, 2.75) is 58.5 Å². The van der Waals surface area contributed by atoms with E-state index in [9.17, 15) is 19.2 Å². The van der Waals surface area contributed by atoms with E-state index in [1.807, 2.05) is 0 Å². The molecule has 8 nitrogen and oxygen atoms in total. The third-order valence-corrected chi connectivity index (χ3v) is 4.30. The normalized spacial score (nSPS) is 15.8. The minimum atomic E-state index is -0.732. The van der Waals surface area contributed by atoms with Crippen LogP contribution in [-0.2, 0) is 38.1 Å². The van der Waals surface area contributed by atoms with Crippen molar-refractivity contribution in [3.05, 3.63) is 24.3 Å². The van der Waals surface area contributed by atoms with Gasteiger partial charge in [-0.2, -0.15) is 0 Å². The number of rotatable bonds is 11. The summed E-state index contributed by atoms with van der Waals surface area (Å²) in [5.74, 6) is -2.34. The molecule has 1 saturated carbocycles. The summed E-state index contributed by atoms with van der Waals surface area (Å²) in [6.45, 7) is 3.59. The molecule has 162 valence electrons. The molecule has 0 aliphatic heterocycles. The molecule has 1 atom stereocenters. The monoisotopic (exact) mass is 410 g/mol. The molecule has 1 fully saturated rings. The second kappa shape index (κ2) is 14.4. The molecule has 0 aromatic carbocycles. The average Bonchev–Trinajstić information content (AvgIpc) is 2.70. The first-order chi connectivity index (χ1) is 13.9. The number of hydrogen-bond donors (Lipinski definition) is 0. The molecule has 0 aromatic heterocycles. The minimum Gasteiger partial charge on any atom is -0.463 e. The van der Waals surface area contributed by atoms with Crippen LogP contribution in [0.4, 0.5) is 0 Å². The standard InChI is InChI=1S/C21H30O8/c1-3-26-18(22)10-11-20(24)28-15-17(14-16-8-6-5-7-9-16)29-21(25)13-12-19(23)27-4-2/h10-13,16-17H,3-9,14-15H2,1-2H3/b11-10+,13-12+. The third-order valence-electron chi connectivity index (χ3n) is 4.30. The smallest absolute Gasteiger partial charge is 0.331 e. The van der Waals surface area contributed by atoms with Gasteiger partial charge in [0.05, 0.1) is 13.2 Å². The minimum absolute atomic E-state index is 0.137. The van der Waals surface area contributed by atoms with Gasteiger partial charge in [-0.25, -0.2) is 19.2 Å². The second-order valence-corrected chi connectivity index (χ2v) is 6.60. The van der Waals surface area contributed by atoms with Crippen LogP contribution in [0.2, 0.25) is 0 Å². The Bertz CT molecular complexity index is 602. The third kappa shape index (κ3) is 11.7. The van der Waals surface area contributed by atoms with Gasteiger partial charge in [0.15, 0.2) is 0 Å². The molecule has 1 aliphatic rings. The molecular weight excluding hydrogens is 380 g/mol. The molecule has 29 heavy (non-hydrogen) atoms. The molecule has 0 N–H and O–H groups in total. The molecule has 0 aromatic rings. The van der Waals surface area contributed by atoms with Crippen LogP contribution < -0.4 is 0 Å². The van der Waals surface area contributed by atoms with E-state index in [1.165, 1.54) is 6.42 Å². The molecule has 1 rings (SSSR count). The van der Waals surface area contributed by atoms with Crippen LogP contribution in [0.25, 0.3) is 0 Å². The lowest BCUT2D eigenvalue weighted by Crippen LogP contribution is -2.27. The van der Waals surface area contributed by atoms with Gasteiger partial charge in [-0.1, -0.05) is 32.1 Å². The molecule has 8 heteroatoms. The van der Waals surface area contributed by atoms with E-state index < -0.39 is 30.0 Å². The zero-order valence-corrected chi connectivity index (χ0v) is 17.1. The fraction of sp³-hybridized carbons (Fsp3) is 0.619. The van der Waals surface area contributed by atoms with Gasteiger partial charge in [0.25, 0.3) is 0 Å². The number of hydrogen-bond acceptors (Lipinski definition) is 8. The summed E-state index contributed by atoms with van der Waals surface area (Å²) in [7, 11) is 0. The van der Waals surface area contributed by atoms with Crippen molar-refractivity contribution in [3.8, 4) is 0 Å². The van der Waals surface area contributed by atoms with Crippen LogP contribution in [0.15, 0.2) is 24.3 Å². The summed E-state index contributed by atoms with van der Waals surface area (Å²) >= 11 is 0. The highest BCUT2D eigenvalue weighted by Gasteiger charge is 2.22. The highest BCUT2D eigenvalue weighted by atomic mass is 16.6. The van der Waals surface area contributed by atoms with Crippen molar-refractivity contribution in [1.82, 2.24) is 0 Å². The van der Waals surface area contributed by atoms with Gasteiger partial charge in [-0.15, -0.1) is 0 Å². The maximum Gasteiger partial charge on any atom is 0.331 e. The molecule has 0 heterocycles. The Morgan fingerprint density at radius 2 is 1.24 bits per heavy atom. The zero-order valence-electron chi connectivity index (χ0n) is 17.1. The highest BCUT2D eigenvalue weighted by molar-refractivity contribution is 5.92. The van der Waals surface area contributed by atoms with Gasteiger partial charge >= 0.3 is 23.9 Å². The summed E-state index contributed by atoms with van der Waals surface area (Å²) in [5.41, 5.74) is 0. The fourth-order valence-electron chi connectivity index (χ4n) is 3.02. The largest absolute Gasteiger partial charge is 0.463 e. The first-order valence-corrected chi connectivity index (χ1v) is 10.0. The van der Waals surface area contributed by atoms with E-state index in [1.54, 1.807) is 13.8 Å². The molecule has 0 amide bonds. The predicted molar refractivity (Wildman–Crippen MR) is 104 cm³/mol. The molecule has 1 aliphatic carbocycles. The molecule has 1 unspecified atom stereocenters. The number of ether oxygens (including phenoxy) is 4. The van der Waals surface area contributed by atoms with Crippen LogP contribution in [-0.4, -0.2) is 49.8 Å². The van der Waals surface area contributed by atoms with E-state index >= 15 is 0 Å². The zero-order chi connectivity index (χ0) is 21.5. The van der Waals surface area contributed by atoms with Gasteiger partial charge < -0.3 is 18.9 Å². The van der Waals surface area contributed by atoms with Crippen LogP contribution in [0, 0.1) is 5.92 Å². The second-order valence-electron chi connectivity index (χ2n) is 6.60. The Morgan fingerprint density at radius 3 is 1.76 bits per heavy atom. The number of carbonyl (C=O) groups is 4. The molecule has 0 bridgehead atoms. The van der Waals surface area contributed by atoms with E-state index in [-0.39, 0.29) is 19.8 Å². The van der Waals surface area contributed by atoms with E-state index in [4.69, 9.17) is 14.2 Å². The number of carbonyl (C=O) groups excluding carboxylic acids is 4. The maximum atomic E-state index is 12.0. The SMILES string of the molecule is CCOC(=O)/C=C/C(=O)OCC(CC1CCCCC1)OC(=O)/C=C/C(=O)OCC. The lowest BCUT2D eigenvalue weighted by Gasteiger charge is -2.26. The lowest BCUT2D eigenvalue weighted by atomic mass is 9.85. The summed E-state index contributed by atoms with van der Waals surface area (Å²) in [6.07, 6.45) is 9.36. The van der Waals surface area contributed by atoms with Gasteiger partial charge in [-0.05, 0) is 26.2 Å². The van der Waals surface area contributed by atoms with Crippen LogP contribution in [0.3, 0.4) is 0 Å². The first-order valence-electron chi connectivity index (χ1n) is 10.0. The molecular formula is C21H30O8. The van der Waals surface area contributed by atoms with Crippen molar-refractivity contribution >= 4 is 23.9 Å². The Hall–Kier alpha value is -2.64. The van der Waals surface area contributed by atoms with Gasteiger partial charge in [0.2, 0.25) is 0 Å². The summed E-state index contributed by atoms with van der Waals surface area (Å²) in [4.78, 5) is 46.3. The number of esters is 4. The van der Waals surface area contributed by atoms with E-state index in [2.05, 4.69) is 4.74 Å². The Kier molecular flexibility index (Phi) is 12.1. The molecule has 0 spiro atoms. The first kappa shape index (κ1) is 24.4. The Morgan fingerprint density at radius 1 is 0.759 bits per heavy atom. The quantitative estimate of drug-likeness (QED) is 0.291. The maximum absolute atomic E-state index is 12.0. The Balaban J connectivity index is 2.60. The van der Waals surface area contributed by atoms with Gasteiger partial charge in [0, 0.05) is 24.3 Å². The van der Waals surface area contributed by atoms with Crippen molar-refractivity contribution < 1.29 is 38.1 Å². The van der Waals surface area contributed by atoms with Crippen LogP contribution in [0.1, 0.15) is 52.4 Å². The van der Waals surface area contributed by atoms with Crippen LogP contribution >= 0.6 is 0 Å². The topological polar surface area (TPSA) is 105 Å². The summed E-state index contributed by atoms with van der Waals surface area (Å²) in [5, 5.41) is 0. The summed E-state index contributed by atoms with van der Waals surface area (Å²) < 4.78 is 19.9. The van der Waals surface area contributed by atoms with Gasteiger partial charge in [-0.3, -0.25) is 0 Å². The van der Waals surface area contributed by atoms with Gasteiger partial charge in [0.1, 0.15) is 12.7 Å². The predicted octanol–water partition coefficient (Wildman–Crippen LogP) is 2.65. The molecule has 0 radical (unpaired) electrons. The Labute approximate surface area is 171 Å². The highest BCUT2D eigenvalue weighted by Crippen LogP contribution is 2.28. The average molecular weight is 410 g/mol. The van der Waals surface area contributed by atoms with Crippen molar-refractivity contribution in [2.24, 2.45) is 5.92 Å². The van der Waals surface area contributed by atoms with Crippen LogP contribution in [0.5, 0.6) is 0 Å². The fourth-order valence-corrected chi connectivity index (χ4v) is 3.02. The van der Waals surface area contributed by atoms with Crippen molar-refractivity contribution in [1.29, 1.82) is 0 Å².